The Hall–Kier alpha value is -2.56. The summed E-state index contributed by atoms with van der Waals surface area (Å²) < 4.78 is 3.64. The molecule has 0 spiro atoms. The van der Waals surface area contributed by atoms with Crippen LogP contribution in [0.2, 0.25) is 0 Å². The first kappa shape index (κ1) is 10.6. The topological polar surface area (TPSA) is 60.0 Å². The molecule has 5 heteroatoms. The molecule has 0 saturated heterocycles. The van der Waals surface area contributed by atoms with Crippen molar-refractivity contribution >= 4 is 16.9 Å². The summed E-state index contributed by atoms with van der Waals surface area (Å²) in [6.45, 7) is 0. The molecule has 0 amide bonds. The van der Waals surface area contributed by atoms with Gasteiger partial charge in [-0.3, -0.25) is 4.57 Å². The Morgan fingerprint density at radius 3 is 2.78 bits per heavy atom. The van der Waals surface area contributed by atoms with Gasteiger partial charge in [-0.2, -0.15) is 0 Å². The quantitative estimate of drug-likeness (QED) is 0.747. The second kappa shape index (κ2) is 3.73. The highest BCUT2D eigenvalue weighted by Gasteiger charge is 2.15. The minimum Gasteiger partial charge on any atom is -0.478 e. The van der Waals surface area contributed by atoms with Crippen molar-refractivity contribution in [2.24, 2.45) is 7.05 Å². The van der Waals surface area contributed by atoms with Crippen LogP contribution in [-0.4, -0.2) is 25.2 Å². The van der Waals surface area contributed by atoms with Crippen LogP contribution >= 0.6 is 0 Å². The maximum atomic E-state index is 11.2. The fraction of sp³-hybridized carbons (Fsp3) is 0.0769. The molecule has 0 aliphatic heterocycles. The van der Waals surface area contributed by atoms with E-state index in [9.17, 15) is 9.90 Å². The Kier molecular flexibility index (Phi) is 2.19. The number of hydrogen-bond acceptors (Lipinski definition) is 2. The van der Waals surface area contributed by atoms with Crippen molar-refractivity contribution in [2.75, 3.05) is 0 Å². The molecule has 0 unspecified atom stereocenters. The third kappa shape index (κ3) is 1.41. The average molecular weight is 241 g/mol. The van der Waals surface area contributed by atoms with Crippen LogP contribution in [0.5, 0.6) is 0 Å². The number of carbonyl (C=O) groups is 1. The lowest BCUT2D eigenvalue weighted by Crippen LogP contribution is -2.01. The van der Waals surface area contributed by atoms with E-state index >= 15 is 0 Å². The number of imidazole rings is 1. The van der Waals surface area contributed by atoms with Gasteiger partial charge in [0.05, 0.1) is 11.1 Å². The standard InChI is InChI=1S/C13H11N3O2/c1-15-7-6-14-13(15)16-8-10(12(17)18)9-4-2-3-5-11(9)16/h2-8H,1H3,(H,17,18). The zero-order chi connectivity index (χ0) is 12.7. The van der Waals surface area contributed by atoms with E-state index in [1.807, 2.05) is 36.0 Å². The number of hydrogen-bond donors (Lipinski definition) is 1. The fourth-order valence-corrected chi connectivity index (χ4v) is 2.11. The van der Waals surface area contributed by atoms with Gasteiger partial charge in [-0.15, -0.1) is 0 Å². The molecule has 1 N–H and O–H groups in total. The molecular formula is C13H11N3O2. The van der Waals surface area contributed by atoms with Crippen LogP contribution in [-0.2, 0) is 7.05 Å². The van der Waals surface area contributed by atoms with E-state index < -0.39 is 5.97 Å². The second-order valence-electron chi connectivity index (χ2n) is 4.07. The molecule has 90 valence electrons. The molecule has 0 fully saturated rings. The normalized spacial score (nSPS) is 10.9. The molecule has 1 aromatic carbocycles. The molecule has 2 heterocycles. The van der Waals surface area contributed by atoms with Crippen LogP contribution in [0.25, 0.3) is 16.9 Å². The molecule has 3 aromatic rings. The summed E-state index contributed by atoms with van der Waals surface area (Å²) in [5.41, 5.74) is 1.12. The number of carboxylic acid groups (broad SMARTS) is 1. The predicted molar refractivity (Wildman–Crippen MR) is 67.0 cm³/mol. The molecule has 2 aromatic heterocycles. The fourth-order valence-electron chi connectivity index (χ4n) is 2.11. The van der Waals surface area contributed by atoms with Gasteiger partial charge in [-0.1, -0.05) is 18.2 Å². The Labute approximate surface area is 103 Å². The number of aromatic carboxylic acids is 1. The summed E-state index contributed by atoms with van der Waals surface area (Å²) in [6.07, 6.45) is 5.12. The lowest BCUT2D eigenvalue weighted by atomic mass is 10.2. The number of carboxylic acids is 1. The minimum atomic E-state index is -0.931. The molecule has 0 atom stereocenters. The zero-order valence-corrected chi connectivity index (χ0v) is 9.74. The second-order valence-corrected chi connectivity index (χ2v) is 4.07. The summed E-state index contributed by atoms with van der Waals surface area (Å²) in [6, 6.07) is 7.40. The minimum absolute atomic E-state index is 0.286. The molecule has 0 bridgehead atoms. The Balaban J connectivity index is 2.37. The Bertz CT molecular complexity index is 740. The van der Waals surface area contributed by atoms with Crippen molar-refractivity contribution < 1.29 is 9.90 Å². The maximum absolute atomic E-state index is 11.2. The van der Waals surface area contributed by atoms with Crippen LogP contribution < -0.4 is 0 Å². The highest BCUT2D eigenvalue weighted by Crippen LogP contribution is 2.23. The van der Waals surface area contributed by atoms with Crippen LogP contribution in [0, 0.1) is 0 Å². The first-order valence-electron chi connectivity index (χ1n) is 5.49. The van der Waals surface area contributed by atoms with Crippen molar-refractivity contribution in [3.8, 4) is 5.95 Å². The van der Waals surface area contributed by atoms with Gasteiger partial charge >= 0.3 is 5.97 Å². The van der Waals surface area contributed by atoms with Crippen molar-refractivity contribution in [2.45, 2.75) is 0 Å². The molecular weight excluding hydrogens is 230 g/mol. The molecule has 0 saturated carbocycles. The summed E-state index contributed by atoms with van der Waals surface area (Å²) in [7, 11) is 1.87. The van der Waals surface area contributed by atoms with Gasteiger partial charge in [0.1, 0.15) is 0 Å². The number of rotatable bonds is 2. The van der Waals surface area contributed by atoms with Gasteiger partial charge in [0.25, 0.3) is 0 Å². The van der Waals surface area contributed by atoms with Gasteiger partial charge in [-0.05, 0) is 6.07 Å². The van der Waals surface area contributed by atoms with Crippen LogP contribution in [0.15, 0.2) is 42.9 Å². The van der Waals surface area contributed by atoms with E-state index in [1.165, 1.54) is 0 Å². The summed E-state index contributed by atoms with van der Waals surface area (Å²) in [5, 5.41) is 9.94. The van der Waals surface area contributed by atoms with Crippen LogP contribution in [0.3, 0.4) is 0 Å². The highest BCUT2D eigenvalue weighted by molar-refractivity contribution is 6.03. The van der Waals surface area contributed by atoms with Crippen molar-refractivity contribution in [3.63, 3.8) is 0 Å². The Morgan fingerprint density at radius 2 is 2.11 bits per heavy atom. The van der Waals surface area contributed by atoms with Crippen LogP contribution in [0.1, 0.15) is 10.4 Å². The van der Waals surface area contributed by atoms with Gasteiger partial charge in [0.2, 0.25) is 5.95 Å². The third-order valence-electron chi connectivity index (χ3n) is 2.95. The highest BCUT2D eigenvalue weighted by atomic mass is 16.4. The maximum Gasteiger partial charge on any atom is 0.337 e. The molecule has 0 aliphatic carbocycles. The lowest BCUT2D eigenvalue weighted by Gasteiger charge is -2.04. The molecule has 0 aliphatic rings. The van der Waals surface area contributed by atoms with E-state index in [4.69, 9.17) is 0 Å². The van der Waals surface area contributed by atoms with E-state index in [-0.39, 0.29) is 5.56 Å². The number of aromatic nitrogens is 3. The van der Waals surface area contributed by atoms with E-state index in [2.05, 4.69) is 4.98 Å². The molecule has 0 radical (unpaired) electrons. The number of para-hydroxylation sites is 1. The predicted octanol–water partition coefficient (Wildman–Crippen LogP) is 2.06. The number of nitrogens with zero attached hydrogens (tertiary/aromatic N) is 3. The molecule has 5 nitrogen and oxygen atoms in total. The van der Waals surface area contributed by atoms with Crippen molar-refractivity contribution in [1.29, 1.82) is 0 Å². The summed E-state index contributed by atoms with van der Waals surface area (Å²) in [4.78, 5) is 15.5. The number of aryl methyl sites for hydroxylation is 1. The monoisotopic (exact) mass is 241 g/mol. The number of fused-ring (bicyclic) bond motifs is 1. The van der Waals surface area contributed by atoms with E-state index in [1.54, 1.807) is 23.0 Å². The smallest absolute Gasteiger partial charge is 0.337 e. The van der Waals surface area contributed by atoms with E-state index in [0.29, 0.717) is 11.3 Å². The SMILES string of the molecule is Cn1ccnc1-n1cc(C(=O)O)c2ccccc21. The summed E-state index contributed by atoms with van der Waals surface area (Å²) >= 11 is 0. The molecule has 3 rings (SSSR count). The first-order chi connectivity index (χ1) is 8.68. The number of benzene rings is 1. The van der Waals surface area contributed by atoms with Gasteiger partial charge < -0.3 is 9.67 Å². The van der Waals surface area contributed by atoms with Gasteiger partial charge in [0.15, 0.2) is 0 Å². The first-order valence-corrected chi connectivity index (χ1v) is 5.49. The van der Waals surface area contributed by atoms with E-state index in [0.717, 1.165) is 5.52 Å². The van der Waals surface area contributed by atoms with Crippen LogP contribution in [0.4, 0.5) is 0 Å². The Morgan fingerprint density at radius 1 is 1.33 bits per heavy atom. The van der Waals surface area contributed by atoms with Gasteiger partial charge in [-0.25, -0.2) is 9.78 Å². The largest absolute Gasteiger partial charge is 0.478 e. The van der Waals surface area contributed by atoms with Crippen molar-refractivity contribution in [1.82, 2.24) is 14.1 Å². The lowest BCUT2D eigenvalue weighted by molar-refractivity contribution is 0.0699. The van der Waals surface area contributed by atoms with Crippen molar-refractivity contribution in [3.05, 3.63) is 48.4 Å². The molecule has 18 heavy (non-hydrogen) atoms. The van der Waals surface area contributed by atoms with Gasteiger partial charge in [0, 0.05) is 31.0 Å². The summed E-state index contributed by atoms with van der Waals surface area (Å²) in [5.74, 6) is -0.238. The third-order valence-corrected chi connectivity index (χ3v) is 2.95. The zero-order valence-electron chi connectivity index (χ0n) is 9.74. The average Bonchev–Trinajstić information content (AvgIpc) is 2.92.